The molecule has 2 rings (SSSR count). The average molecular weight is 265 g/mol. The summed E-state index contributed by atoms with van der Waals surface area (Å²) in [6.45, 7) is 1.06. The highest BCUT2D eigenvalue weighted by atomic mass is 16.5. The standard InChI is InChI=1S/C15H27N3O/c16-18-17-10-11-19-15-8-6-14(7-9-15)12-13-4-2-1-3-5-13/h13-15H,1-12H2. The molecule has 0 atom stereocenters. The quantitative estimate of drug-likeness (QED) is 0.293. The van der Waals surface area contributed by atoms with Gasteiger partial charge in [-0.1, -0.05) is 37.2 Å². The molecule has 2 aliphatic rings. The van der Waals surface area contributed by atoms with E-state index in [4.69, 9.17) is 10.3 Å². The second-order valence-corrected chi connectivity index (χ2v) is 6.21. The van der Waals surface area contributed by atoms with E-state index in [0.717, 1.165) is 11.8 Å². The third kappa shape index (κ3) is 5.42. The zero-order chi connectivity index (χ0) is 13.3. The SMILES string of the molecule is [N-]=[N+]=NCCOC1CCC(CC2CCCCC2)CC1. The van der Waals surface area contributed by atoms with Crippen molar-refractivity contribution in [2.75, 3.05) is 13.2 Å². The maximum Gasteiger partial charge on any atom is 0.0575 e. The first-order chi connectivity index (χ1) is 9.38. The van der Waals surface area contributed by atoms with Crippen LogP contribution in [0.15, 0.2) is 5.11 Å². The van der Waals surface area contributed by atoms with Gasteiger partial charge < -0.3 is 4.74 Å². The van der Waals surface area contributed by atoms with Crippen molar-refractivity contribution in [1.29, 1.82) is 0 Å². The fraction of sp³-hybridized carbons (Fsp3) is 1.00. The first-order valence-electron chi connectivity index (χ1n) is 8.01. The average Bonchev–Trinajstić information content (AvgIpc) is 2.46. The summed E-state index contributed by atoms with van der Waals surface area (Å²) in [5.74, 6) is 1.96. The summed E-state index contributed by atoms with van der Waals surface area (Å²) >= 11 is 0. The molecular weight excluding hydrogens is 238 g/mol. The van der Waals surface area contributed by atoms with Gasteiger partial charge in [0, 0.05) is 11.5 Å². The van der Waals surface area contributed by atoms with Gasteiger partial charge in [-0.05, 0) is 49.5 Å². The zero-order valence-corrected chi connectivity index (χ0v) is 12.0. The first-order valence-corrected chi connectivity index (χ1v) is 8.01. The minimum atomic E-state index is 0.413. The molecule has 4 nitrogen and oxygen atoms in total. The van der Waals surface area contributed by atoms with Crippen molar-refractivity contribution in [3.8, 4) is 0 Å². The molecule has 2 saturated carbocycles. The smallest absolute Gasteiger partial charge is 0.0575 e. The highest BCUT2D eigenvalue weighted by Crippen LogP contribution is 2.35. The van der Waals surface area contributed by atoms with Gasteiger partial charge in [0.25, 0.3) is 0 Å². The molecule has 0 spiro atoms. The molecule has 0 aliphatic heterocycles. The number of azide groups is 1. The third-order valence-electron chi connectivity index (χ3n) is 4.79. The van der Waals surface area contributed by atoms with Gasteiger partial charge in [-0.3, -0.25) is 0 Å². The van der Waals surface area contributed by atoms with E-state index >= 15 is 0 Å². The monoisotopic (exact) mass is 265 g/mol. The maximum atomic E-state index is 8.20. The van der Waals surface area contributed by atoms with E-state index in [1.54, 1.807) is 0 Å². The molecule has 0 aromatic rings. The molecular formula is C15H27N3O. The Morgan fingerprint density at radius 2 is 1.63 bits per heavy atom. The molecule has 108 valence electrons. The van der Waals surface area contributed by atoms with Crippen molar-refractivity contribution >= 4 is 0 Å². The predicted molar refractivity (Wildman–Crippen MR) is 76.9 cm³/mol. The highest BCUT2D eigenvalue weighted by molar-refractivity contribution is 4.77. The van der Waals surface area contributed by atoms with Gasteiger partial charge in [0.2, 0.25) is 0 Å². The number of hydrogen-bond acceptors (Lipinski definition) is 2. The first kappa shape index (κ1) is 14.7. The molecule has 0 N–H and O–H groups in total. The van der Waals surface area contributed by atoms with Crippen molar-refractivity contribution in [2.45, 2.75) is 70.3 Å². The van der Waals surface area contributed by atoms with Crippen LogP contribution in [0.4, 0.5) is 0 Å². The molecule has 0 heterocycles. The molecule has 4 heteroatoms. The Balaban J connectivity index is 1.57. The van der Waals surface area contributed by atoms with Crippen molar-refractivity contribution < 1.29 is 4.74 Å². The Hall–Kier alpha value is -0.730. The third-order valence-corrected chi connectivity index (χ3v) is 4.79. The van der Waals surface area contributed by atoms with Crippen molar-refractivity contribution in [3.05, 3.63) is 10.4 Å². The molecule has 0 bridgehead atoms. The van der Waals surface area contributed by atoms with Crippen molar-refractivity contribution in [1.82, 2.24) is 0 Å². The lowest BCUT2D eigenvalue weighted by Gasteiger charge is -2.32. The molecule has 0 amide bonds. The van der Waals surface area contributed by atoms with Crippen LogP contribution in [-0.4, -0.2) is 19.3 Å². The van der Waals surface area contributed by atoms with E-state index in [9.17, 15) is 0 Å². The summed E-state index contributed by atoms with van der Waals surface area (Å²) < 4.78 is 5.76. The van der Waals surface area contributed by atoms with Gasteiger partial charge in [-0.15, -0.1) is 0 Å². The fourth-order valence-corrected chi connectivity index (χ4v) is 3.73. The van der Waals surface area contributed by atoms with Crippen LogP contribution >= 0.6 is 0 Å². The van der Waals surface area contributed by atoms with Gasteiger partial charge in [-0.2, -0.15) is 0 Å². The van der Waals surface area contributed by atoms with Gasteiger partial charge in [0.1, 0.15) is 0 Å². The Labute approximate surface area is 116 Å². The van der Waals surface area contributed by atoms with E-state index < -0.39 is 0 Å². The second-order valence-electron chi connectivity index (χ2n) is 6.21. The molecule has 0 unspecified atom stereocenters. The lowest BCUT2D eigenvalue weighted by molar-refractivity contribution is 0.0192. The van der Waals surface area contributed by atoms with Crippen LogP contribution in [0.1, 0.15) is 64.2 Å². The van der Waals surface area contributed by atoms with E-state index in [-0.39, 0.29) is 0 Å². The van der Waals surface area contributed by atoms with Gasteiger partial charge >= 0.3 is 0 Å². The highest BCUT2D eigenvalue weighted by Gasteiger charge is 2.24. The molecule has 19 heavy (non-hydrogen) atoms. The summed E-state index contributed by atoms with van der Waals surface area (Å²) in [6, 6.07) is 0. The number of ether oxygens (including phenoxy) is 1. The zero-order valence-electron chi connectivity index (χ0n) is 12.0. The minimum Gasteiger partial charge on any atom is -0.378 e. The van der Waals surface area contributed by atoms with E-state index in [1.165, 1.54) is 64.2 Å². The van der Waals surface area contributed by atoms with E-state index in [0.29, 0.717) is 19.3 Å². The Bertz CT molecular complexity index is 288. The number of rotatable bonds is 6. The fourth-order valence-electron chi connectivity index (χ4n) is 3.73. The number of hydrogen-bond donors (Lipinski definition) is 0. The van der Waals surface area contributed by atoms with Crippen LogP contribution in [0, 0.1) is 11.8 Å². The summed E-state index contributed by atoms with van der Waals surface area (Å²) in [4.78, 5) is 2.74. The van der Waals surface area contributed by atoms with Crippen LogP contribution in [-0.2, 0) is 4.74 Å². The number of nitrogens with zero attached hydrogens (tertiary/aromatic N) is 3. The molecule has 0 aromatic heterocycles. The topological polar surface area (TPSA) is 58.0 Å². The second kappa shape index (κ2) is 8.44. The van der Waals surface area contributed by atoms with Crippen LogP contribution in [0.25, 0.3) is 10.4 Å². The molecule has 0 saturated heterocycles. The lowest BCUT2D eigenvalue weighted by Crippen LogP contribution is -2.24. The van der Waals surface area contributed by atoms with Gasteiger partial charge in [-0.25, -0.2) is 0 Å². The van der Waals surface area contributed by atoms with Crippen molar-refractivity contribution in [3.63, 3.8) is 0 Å². The summed E-state index contributed by atoms with van der Waals surface area (Å²) in [7, 11) is 0. The molecule has 2 fully saturated rings. The van der Waals surface area contributed by atoms with E-state index in [2.05, 4.69) is 10.0 Å². The maximum absolute atomic E-state index is 8.20. The Morgan fingerprint density at radius 3 is 2.32 bits per heavy atom. The van der Waals surface area contributed by atoms with E-state index in [1.807, 2.05) is 0 Å². The summed E-state index contributed by atoms with van der Waals surface area (Å²) in [5, 5.41) is 3.50. The Morgan fingerprint density at radius 1 is 0.947 bits per heavy atom. The predicted octanol–water partition coefficient (Wildman–Crippen LogP) is 4.84. The van der Waals surface area contributed by atoms with Crippen LogP contribution in [0.2, 0.25) is 0 Å². The lowest BCUT2D eigenvalue weighted by atomic mass is 9.77. The summed E-state index contributed by atoms with van der Waals surface area (Å²) in [6.07, 6.45) is 14.3. The molecule has 2 aliphatic carbocycles. The van der Waals surface area contributed by atoms with Crippen LogP contribution < -0.4 is 0 Å². The summed E-state index contributed by atoms with van der Waals surface area (Å²) in [5.41, 5.74) is 8.20. The van der Waals surface area contributed by atoms with Crippen LogP contribution in [0.3, 0.4) is 0 Å². The Kier molecular flexibility index (Phi) is 6.52. The largest absolute Gasteiger partial charge is 0.378 e. The van der Waals surface area contributed by atoms with Gasteiger partial charge in [0.15, 0.2) is 0 Å². The van der Waals surface area contributed by atoms with Gasteiger partial charge in [0.05, 0.1) is 12.7 Å². The van der Waals surface area contributed by atoms with Crippen LogP contribution in [0.5, 0.6) is 0 Å². The normalized spacial score (nSPS) is 28.8. The molecule has 0 aromatic carbocycles. The minimum absolute atomic E-state index is 0.413. The van der Waals surface area contributed by atoms with Crippen molar-refractivity contribution in [2.24, 2.45) is 17.0 Å². The molecule has 0 radical (unpaired) electrons.